The van der Waals surface area contributed by atoms with E-state index in [0.717, 1.165) is 5.56 Å². The fourth-order valence-corrected chi connectivity index (χ4v) is 5.53. The number of esters is 2. The molecule has 41 heavy (non-hydrogen) atoms. The molecule has 1 fully saturated rings. The highest BCUT2D eigenvalue weighted by molar-refractivity contribution is 6.36. The molecule has 0 saturated heterocycles. The summed E-state index contributed by atoms with van der Waals surface area (Å²) in [5.41, 5.74) is -0.724. The van der Waals surface area contributed by atoms with Crippen molar-refractivity contribution in [2.24, 2.45) is 16.7 Å². The van der Waals surface area contributed by atoms with E-state index < -0.39 is 40.3 Å². The minimum atomic E-state index is -0.942. The average Bonchev–Trinajstić information content (AvgIpc) is 3.14. The minimum absolute atomic E-state index is 0.170. The van der Waals surface area contributed by atoms with E-state index in [2.05, 4.69) is 10.6 Å². The third-order valence-corrected chi connectivity index (χ3v) is 8.58. The Hall–Kier alpha value is -3.10. The number of carbonyl (C=O) groups is 4. The second kappa shape index (κ2) is 12.4. The number of nitrogens with one attached hydrogen (secondary N) is 2. The Kier molecular flexibility index (Phi) is 9.81. The number of ether oxygens (including phenoxy) is 2. The summed E-state index contributed by atoms with van der Waals surface area (Å²) in [6.07, 6.45) is 1.14. The van der Waals surface area contributed by atoms with E-state index in [1.807, 2.05) is 41.5 Å². The summed E-state index contributed by atoms with van der Waals surface area (Å²) < 4.78 is 10.7. The van der Waals surface area contributed by atoms with Crippen molar-refractivity contribution in [3.05, 3.63) is 63.6 Å². The second-order valence-corrected chi connectivity index (χ2v) is 13.1. The summed E-state index contributed by atoms with van der Waals surface area (Å²) in [7, 11) is 1.26. The molecule has 222 valence electrons. The van der Waals surface area contributed by atoms with Crippen LogP contribution < -0.4 is 10.6 Å². The van der Waals surface area contributed by atoms with E-state index >= 15 is 0 Å². The number of rotatable bonds is 8. The Morgan fingerprint density at radius 3 is 2.24 bits per heavy atom. The summed E-state index contributed by atoms with van der Waals surface area (Å²) in [5.74, 6) is -2.16. The summed E-state index contributed by atoms with van der Waals surface area (Å²) in [6.45, 7) is 11.1. The lowest BCUT2D eigenvalue weighted by Crippen LogP contribution is -2.51. The van der Waals surface area contributed by atoms with Crippen molar-refractivity contribution < 1.29 is 28.7 Å². The zero-order chi connectivity index (χ0) is 30.8. The van der Waals surface area contributed by atoms with Gasteiger partial charge in [-0.25, -0.2) is 4.79 Å². The van der Waals surface area contributed by atoms with E-state index in [0.29, 0.717) is 23.6 Å². The molecule has 3 atom stereocenters. The Balaban J connectivity index is 1.70. The van der Waals surface area contributed by atoms with Gasteiger partial charge in [0, 0.05) is 23.0 Å². The molecular formula is C31H38Cl2N2O6. The number of carbonyl (C=O) groups excluding carboxylic acids is 4. The normalized spacial score (nSPS) is 20.6. The number of hydrogen-bond acceptors (Lipinski definition) is 6. The van der Waals surface area contributed by atoms with Gasteiger partial charge in [0.05, 0.1) is 23.1 Å². The highest BCUT2D eigenvalue weighted by Crippen LogP contribution is 2.57. The highest BCUT2D eigenvalue weighted by Gasteiger charge is 2.59. The number of halogens is 2. The van der Waals surface area contributed by atoms with Crippen LogP contribution in [0.1, 0.15) is 70.3 Å². The van der Waals surface area contributed by atoms with Gasteiger partial charge in [0.1, 0.15) is 11.6 Å². The lowest BCUT2D eigenvalue weighted by atomic mass is 9.65. The van der Waals surface area contributed by atoms with Gasteiger partial charge in [0.25, 0.3) is 5.91 Å². The monoisotopic (exact) mass is 604 g/mol. The van der Waals surface area contributed by atoms with Crippen molar-refractivity contribution >= 4 is 52.6 Å². The first kappa shape index (κ1) is 32.4. The number of methoxy groups -OCH3 is 1. The van der Waals surface area contributed by atoms with Crippen molar-refractivity contribution in [1.29, 1.82) is 0 Å². The molecule has 1 aliphatic rings. The summed E-state index contributed by atoms with van der Waals surface area (Å²) in [5, 5.41) is 6.29. The van der Waals surface area contributed by atoms with Gasteiger partial charge in [-0.2, -0.15) is 0 Å². The lowest BCUT2D eigenvalue weighted by molar-refractivity contribution is -0.173. The van der Waals surface area contributed by atoms with E-state index in [-0.39, 0.29) is 28.9 Å². The predicted octanol–water partition coefficient (Wildman–Crippen LogP) is 6.23. The van der Waals surface area contributed by atoms with Gasteiger partial charge in [0.15, 0.2) is 0 Å². The summed E-state index contributed by atoms with van der Waals surface area (Å²) in [4.78, 5) is 51.9. The fourth-order valence-electron chi connectivity index (χ4n) is 5.15. The van der Waals surface area contributed by atoms with Crippen molar-refractivity contribution in [3.63, 3.8) is 0 Å². The third-order valence-electron chi connectivity index (χ3n) is 8.02. The molecule has 1 saturated carbocycles. The third kappa shape index (κ3) is 7.41. The van der Waals surface area contributed by atoms with Crippen LogP contribution in [0.4, 0.5) is 5.69 Å². The number of benzene rings is 2. The van der Waals surface area contributed by atoms with E-state index in [9.17, 15) is 19.2 Å². The van der Waals surface area contributed by atoms with Crippen LogP contribution in [0.2, 0.25) is 10.0 Å². The molecule has 0 aliphatic heterocycles. The van der Waals surface area contributed by atoms with E-state index in [1.54, 1.807) is 36.4 Å². The van der Waals surface area contributed by atoms with Gasteiger partial charge in [-0.15, -0.1) is 0 Å². The van der Waals surface area contributed by atoms with Crippen molar-refractivity contribution in [2.45, 2.75) is 72.4 Å². The summed E-state index contributed by atoms with van der Waals surface area (Å²) >= 11 is 12.1. The van der Waals surface area contributed by atoms with E-state index in [1.165, 1.54) is 13.2 Å². The number of amides is 2. The molecule has 1 unspecified atom stereocenters. The van der Waals surface area contributed by atoms with Crippen LogP contribution in [0.15, 0.2) is 42.5 Å². The Labute approximate surface area is 251 Å². The molecule has 2 amide bonds. The quantitative estimate of drug-likeness (QED) is 0.345. The number of anilines is 1. The smallest absolute Gasteiger partial charge is 0.328 e. The molecule has 8 nitrogen and oxygen atoms in total. The van der Waals surface area contributed by atoms with Crippen LogP contribution in [-0.2, 0) is 30.3 Å². The van der Waals surface area contributed by atoms with Crippen LogP contribution >= 0.6 is 23.2 Å². The van der Waals surface area contributed by atoms with Crippen LogP contribution in [0.3, 0.4) is 0 Å². The maximum absolute atomic E-state index is 13.5. The SMILES string of the molecule is COC(=O)C(Cc1ccc(NC(=O)c2cc(Cl)ccc2Cl)cc1)NC(=O)[C@H]1CC[C@@](C)(C(=O)OC(C)(C)C)C1(C)C. The highest BCUT2D eigenvalue weighted by atomic mass is 35.5. The zero-order valence-corrected chi connectivity index (χ0v) is 26.0. The van der Waals surface area contributed by atoms with Gasteiger partial charge in [-0.1, -0.05) is 49.2 Å². The molecule has 0 bridgehead atoms. The Bertz CT molecular complexity index is 1320. The maximum atomic E-state index is 13.5. The van der Waals surface area contributed by atoms with Gasteiger partial charge in [-0.05, 0) is 81.8 Å². The van der Waals surface area contributed by atoms with Crippen LogP contribution in [0.5, 0.6) is 0 Å². The van der Waals surface area contributed by atoms with Gasteiger partial charge in [0.2, 0.25) is 5.91 Å². The van der Waals surface area contributed by atoms with Crippen LogP contribution in [-0.4, -0.2) is 42.5 Å². The molecule has 0 radical (unpaired) electrons. The molecule has 0 aromatic heterocycles. The zero-order valence-electron chi connectivity index (χ0n) is 24.5. The number of hydrogen-bond donors (Lipinski definition) is 2. The molecule has 2 aromatic carbocycles. The van der Waals surface area contributed by atoms with Crippen LogP contribution in [0, 0.1) is 16.7 Å². The first-order valence-corrected chi connectivity index (χ1v) is 14.2. The molecule has 10 heteroatoms. The first-order valence-electron chi connectivity index (χ1n) is 13.5. The van der Waals surface area contributed by atoms with Crippen molar-refractivity contribution in [2.75, 3.05) is 12.4 Å². The molecule has 2 N–H and O–H groups in total. The predicted molar refractivity (Wildman–Crippen MR) is 159 cm³/mol. The van der Waals surface area contributed by atoms with Gasteiger partial charge < -0.3 is 20.1 Å². The second-order valence-electron chi connectivity index (χ2n) is 12.2. The summed E-state index contributed by atoms with van der Waals surface area (Å²) in [6, 6.07) is 10.6. The Morgan fingerprint density at radius 1 is 1.02 bits per heavy atom. The molecule has 2 aromatic rings. The molecular weight excluding hydrogens is 567 g/mol. The van der Waals surface area contributed by atoms with Gasteiger partial charge in [-0.3, -0.25) is 14.4 Å². The van der Waals surface area contributed by atoms with Crippen LogP contribution in [0.25, 0.3) is 0 Å². The molecule has 0 spiro atoms. The lowest BCUT2D eigenvalue weighted by Gasteiger charge is -2.40. The average molecular weight is 606 g/mol. The fraction of sp³-hybridized carbons (Fsp3) is 0.484. The van der Waals surface area contributed by atoms with Crippen molar-refractivity contribution in [1.82, 2.24) is 5.32 Å². The minimum Gasteiger partial charge on any atom is -0.467 e. The first-order chi connectivity index (χ1) is 19.0. The maximum Gasteiger partial charge on any atom is 0.328 e. The molecule has 3 rings (SSSR count). The van der Waals surface area contributed by atoms with E-state index in [4.69, 9.17) is 32.7 Å². The Morgan fingerprint density at radius 2 is 1.66 bits per heavy atom. The standard InChI is InChI=1S/C31H38Cl2N2O6/c1-29(2,3)41-28(39)31(6)15-14-22(30(31,4)5)26(37)35-24(27(38)40-7)16-18-8-11-20(12-9-18)34-25(36)21-17-19(32)10-13-23(21)33/h8-13,17,22,24H,14-16H2,1-7H3,(H,34,36)(H,35,37)/t22-,24?,31+/m1/s1. The molecule has 1 aliphatic carbocycles. The largest absolute Gasteiger partial charge is 0.467 e. The van der Waals surface area contributed by atoms with Gasteiger partial charge >= 0.3 is 11.9 Å². The topological polar surface area (TPSA) is 111 Å². The van der Waals surface area contributed by atoms with Crippen molar-refractivity contribution in [3.8, 4) is 0 Å². The molecule has 0 heterocycles.